The number of carbonyl (C=O) groups excluding carboxylic acids is 1. The zero-order valence-electron chi connectivity index (χ0n) is 20.1. The van der Waals surface area contributed by atoms with E-state index >= 15 is 0 Å². The molecule has 5 heteroatoms. The SMILES string of the molecule is C[C@H]([C@H](O)c1ccc(NCCCCCCNC=O)cc1)N1CCC(Cc2ccccc2)CC1. The zero-order chi connectivity index (χ0) is 23.3. The van der Waals surface area contributed by atoms with Gasteiger partial charge in [0.05, 0.1) is 6.10 Å². The van der Waals surface area contributed by atoms with E-state index in [4.69, 9.17) is 0 Å². The van der Waals surface area contributed by atoms with E-state index in [2.05, 4.69) is 77.1 Å². The maximum Gasteiger partial charge on any atom is 0.207 e. The second-order valence-corrected chi connectivity index (χ2v) is 9.39. The summed E-state index contributed by atoms with van der Waals surface area (Å²) in [6, 6.07) is 19.2. The number of nitrogens with zero attached hydrogens (tertiary/aromatic N) is 1. The van der Waals surface area contributed by atoms with Crippen molar-refractivity contribution >= 4 is 12.1 Å². The molecule has 3 rings (SSSR count). The molecule has 1 amide bonds. The molecule has 1 aliphatic rings. The smallest absolute Gasteiger partial charge is 0.207 e. The van der Waals surface area contributed by atoms with Gasteiger partial charge in [0.15, 0.2) is 0 Å². The summed E-state index contributed by atoms with van der Waals surface area (Å²) in [5.74, 6) is 0.742. The van der Waals surface area contributed by atoms with Crippen molar-refractivity contribution in [3.05, 3.63) is 65.7 Å². The van der Waals surface area contributed by atoms with Crippen LogP contribution in [0.15, 0.2) is 54.6 Å². The van der Waals surface area contributed by atoms with Gasteiger partial charge < -0.3 is 15.7 Å². The van der Waals surface area contributed by atoms with Crippen LogP contribution >= 0.6 is 0 Å². The van der Waals surface area contributed by atoms with E-state index in [1.807, 2.05) is 0 Å². The number of hydrogen-bond donors (Lipinski definition) is 3. The molecule has 0 saturated carbocycles. The molecule has 2 aromatic carbocycles. The predicted molar refractivity (Wildman–Crippen MR) is 136 cm³/mol. The minimum atomic E-state index is -0.468. The fourth-order valence-corrected chi connectivity index (χ4v) is 4.79. The number of benzene rings is 2. The van der Waals surface area contributed by atoms with Crippen LogP contribution in [0.4, 0.5) is 5.69 Å². The minimum Gasteiger partial charge on any atom is -0.387 e. The summed E-state index contributed by atoms with van der Waals surface area (Å²) < 4.78 is 0. The molecule has 1 aliphatic heterocycles. The number of piperidine rings is 1. The normalized spacial score (nSPS) is 16.8. The van der Waals surface area contributed by atoms with Crippen LogP contribution in [-0.2, 0) is 11.2 Å². The van der Waals surface area contributed by atoms with Gasteiger partial charge in [-0.1, -0.05) is 55.3 Å². The van der Waals surface area contributed by atoms with Gasteiger partial charge in [0.25, 0.3) is 0 Å². The summed E-state index contributed by atoms with van der Waals surface area (Å²) in [4.78, 5) is 12.7. The highest BCUT2D eigenvalue weighted by Crippen LogP contribution is 2.28. The van der Waals surface area contributed by atoms with Gasteiger partial charge >= 0.3 is 0 Å². The zero-order valence-corrected chi connectivity index (χ0v) is 20.1. The first-order chi connectivity index (χ1) is 16.2. The first kappa shape index (κ1) is 25.3. The standard InChI is InChI=1S/C28H41N3O2/c1-23(31-19-15-25(16-20-31)21-24-9-5-4-6-10-24)28(33)26-11-13-27(14-12-26)30-18-8-3-2-7-17-29-22-32/h4-6,9-14,22-23,25,28,30,33H,2-3,7-8,15-21H2,1H3,(H,29,32)/t23-,28+/m1/s1. The molecule has 2 aromatic rings. The Balaban J connectivity index is 1.36. The molecule has 33 heavy (non-hydrogen) atoms. The number of aliphatic hydroxyl groups excluding tert-OH is 1. The first-order valence-corrected chi connectivity index (χ1v) is 12.6. The Bertz CT molecular complexity index is 789. The van der Waals surface area contributed by atoms with Crippen LogP contribution in [-0.4, -0.2) is 48.6 Å². The topological polar surface area (TPSA) is 64.6 Å². The third-order valence-corrected chi connectivity index (χ3v) is 6.96. The number of carbonyl (C=O) groups is 1. The Kier molecular flexibility index (Phi) is 10.7. The van der Waals surface area contributed by atoms with Crippen LogP contribution in [0.5, 0.6) is 0 Å². The van der Waals surface area contributed by atoms with Gasteiger partial charge in [-0.2, -0.15) is 0 Å². The Morgan fingerprint density at radius 2 is 1.64 bits per heavy atom. The van der Waals surface area contributed by atoms with Gasteiger partial charge in [0.2, 0.25) is 6.41 Å². The van der Waals surface area contributed by atoms with Gasteiger partial charge in [0, 0.05) is 24.8 Å². The number of likely N-dealkylation sites (tertiary alicyclic amines) is 1. The number of unbranched alkanes of at least 4 members (excludes halogenated alkanes) is 3. The Morgan fingerprint density at radius 3 is 2.30 bits per heavy atom. The van der Waals surface area contributed by atoms with Crippen molar-refractivity contribution in [2.24, 2.45) is 5.92 Å². The van der Waals surface area contributed by atoms with Crippen molar-refractivity contribution in [1.82, 2.24) is 10.2 Å². The average Bonchev–Trinajstić information content (AvgIpc) is 2.86. The van der Waals surface area contributed by atoms with Crippen LogP contribution in [0.3, 0.4) is 0 Å². The Hall–Kier alpha value is -2.37. The van der Waals surface area contributed by atoms with E-state index in [9.17, 15) is 9.90 Å². The van der Waals surface area contributed by atoms with Gasteiger partial charge in [0.1, 0.15) is 0 Å². The van der Waals surface area contributed by atoms with E-state index in [0.29, 0.717) is 0 Å². The van der Waals surface area contributed by atoms with Gasteiger partial charge in [-0.15, -0.1) is 0 Å². The molecule has 0 spiro atoms. The van der Waals surface area contributed by atoms with Gasteiger partial charge in [-0.05, 0) is 81.3 Å². The molecule has 0 radical (unpaired) electrons. The minimum absolute atomic E-state index is 0.121. The fourth-order valence-electron chi connectivity index (χ4n) is 4.79. The molecule has 180 valence electrons. The van der Waals surface area contributed by atoms with E-state index in [1.54, 1.807) is 0 Å². The molecule has 0 aromatic heterocycles. The summed E-state index contributed by atoms with van der Waals surface area (Å²) in [7, 11) is 0. The Morgan fingerprint density at radius 1 is 0.970 bits per heavy atom. The van der Waals surface area contributed by atoms with Crippen molar-refractivity contribution in [1.29, 1.82) is 0 Å². The lowest BCUT2D eigenvalue weighted by Crippen LogP contribution is -2.43. The van der Waals surface area contributed by atoms with E-state index in [1.165, 1.54) is 18.4 Å². The lowest BCUT2D eigenvalue weighted by molar-refractivity contribution is -0.109. The second-order valence-electron chi connectivity index (χ2n) is 9.39. The monoisotopic (exact) mass is 451 g/mol. The number of rotatable bonds is 14. The fraction of sp³-hybridized carbons (Fsp3) is 0.536. The molecule has 3 N–H and O–H groups in total. The molecule has 0 aliphatic carbocycles. The molecule has 0 bridgehead atoms. The van der Waals surface area contributed by atoms with Crippen molar-refractivity contribution in [2.45, 2.75) is 64.0 Å². The quantitative estimate of drug-likeness (QED) is 0.286. The first-order valence-electron chi connectivity index (χ1n) is 12.6. The maximum absolute atomic E-state index is 11.0. The number of anilines is 1. The van der Waals surface area contributed by atoms with Crippen molar-refractivity contribution in [3.8, 4) is 0 Å². The molecule has 2 atom stereocenters. The second kappa shape index (κ2) is 14.0. The molecule has 1 heterocycles. The molecule has 1 fully saturated rings. The molecular weight excluding hydrogens is 410 g/mol. The molecule has 1 saturated heterocycles. The van der Waals surface area contributed by atoms with E-state index < -0.39 is 6.10 Å². The molecule has 5 nitrogen and oxygen atoms in total. The third-order valence-electron chi connectivity index (χ3n) is 6.96. The Labute approximate surface area is 199 Å². The van der Waals surface area contributed by atoms with E-state index in [0.717, 1.165) is 81.9 Å². The van der Waals surface area contributed by atoms with Crippen molar-refractivity contribution in [3.63, 3.8) is 0 Å². The van der Waals surface area contributed by atoms with Crippen LogP contribution in [0.1, 0.15) is 62.7 Å². The van der Waals surface area contributed by atoms with Crippen molar-refractivity contribution < 1.29 is 9.90 Å². The summed E-state index contributed by atoms with van der Waals surface area (Å²) in [6.07, 6.45) is 8.29. The largest absolute Gasteiger partial charge is 0.387 e. The van der Waals surface area contributed by atoms with Gasteiger partial charge in [-0.25, -0.2) is 0 Å². The van der Waals surface area contributed by atoms with Crippen LogP contribution < -0.4 is 10.6 Å². The number of amides is 1. The van der Waals surface area contributed by atoms with Gasteiger partial charge in [-0.3, -0.25) is 9.69 Å². The lowest BCUT2D eigenvalue weighted by atomic mass is 9.89. The van der Waals surface area contributed by atoms with Crippen LogP contribution in [0, 0.1) is 5.92 Å². The van der Waals surface area contributed by atoms with E-state index in [-0.39, 0.29) is 6.04 Å². The lowest BCUT2D eigenvalue weighted by Gasteiger charge is -2.38. The predicted octanol–water partition coefficient (Wildman–Crippen LogP) is 4.78. The van der Waals surface area contributed by atoms with Crippen molar-refractivity contribution in [2.75, 3.05) is 31.5 Å². The molecular formula is C28H41N3O2. The maximum atomic E-state index is 11.0. The highest BCUT2D eigenvalue weighted by Gasteiger charge is 2.27. The van der Waals surface area contributed by atoms with Crippen LogP contribution in [0.2, 0.25) is 0 Å². The summed E-state index contributed by atoms with van der Waals surface area (Å²) in [5, 5.41) is 17.1. The number of aliphatic hydroxyl groups is 1. The summed E-state index contributed by atoms with van der Waals surface area (Å²) in [6.45, 7) is 5.97. The number of nitrogens with one attached hydrogen (secondary N) is 2. The average molecular weight is 452 g/mol. The highest BCUT2D eigenvalue weighted by molar-refractivity contribution is 5.45. The van der Waals surface area contributed by atoms with Crippen LogP contribution in [0.25, 0.3) is 0 Å². The number of hydrogen-bond acceptors (Lipinski definition) is 4. The summed E-state index contributed by atoms with van der Waals surface area (Å²) >= 11 is 0. The third kappa shape index (κ3) is 8.49. The highest BCUT2D eigenvalue weighted by atomic mass is 16.3. The molecule has 0 unspecified atom stereocenters. The summed E-state index contributed by atoms with van der Waals surface area (Å²) in [5.41, 5.74) is 3.52.